The molecule has 1 N–H and O–H groups in total. The van der Waals surface area contributed by atoms with Crippen LogP contribution >= 0.6 is 0 Å². The summed E-state index contributed by atoms with van der Waals surface area (Å²) in [7, 11) is -3.37. The van der Waals surface area contributed by atoms with Crippen molar-refractivity contribution in [1.82, 2.24) is 13.9 Å². The fourth-order valence-corrected chi connectivity index (χ4v) is 4.60. The molecule has 2 aliphatic rings. The summed E-state index contributed by atoms with van der Waals surface area (Å²) >= 11 is 0. The molecule has 0 bridgehead atoms. The molecule has 24 heavy (non-hydrogen) atoms. The highest BCUT2D eigenvalue weighted by molar-refractivity contribution is 7.87. The zero-order valence-electron chi connectivity index (χ0n) is 14.1. The molecule has 0 spiro atoms. The highest BCUT2D eigenvalue weighted by Gasteiger charge is 2.26. The molecule has 0 aliphatic carbocycles. The summed E-state index contributed by atoms with van der Waals surface area (Å²) in [5.74, 6) is 0. The summed E-state index contributed by atoms with van der Waals surface area (Å²) < 4.78 is 34.7. The highest BCUT2D eigenvalue weighted by Crippen LogP contribution is 2.13. The molecule has 1 atom stereocenters. The van der Waals surface area contributed by atoms with Gasteiger partial charge in [0.15, 0.2) is 0 Å². The average Bonchev–Trinajstić information content (AvgIpc) is 2.62. The number of hydrogen-bond donors (Lipinski definition) is 1. The van der Waals surface area contributed by atoms with Crippen molar-refractivity contribution in [3.63, 3.8) is 0 Å². The second-order valence-corrected chi connectivity index (χ2v) is 8.28. The smallest absolute Gasteiger partial charge is 0.279 e. The van der Waals surface area contributed by atoms with Crippen LogP contribution in [0.15, 0.2) is 30.3 Å². The zero-order chi connectivity index (χ0) is 16.8. The third kappa shape index (κ3) is 5.00. The predicted molar refractivity (Wildman–Crippen MR) is 93.8 cm³/mol. The maximum absolute atomic E-state index is 12.3. The lowest BCUT2D eigenvalue weighted by Crippen LogP contribution is -2.50. The molecule has 6 nitrogen and oxygen atoms in total. The summed E-state index contributed by atoms with van der Waals surface area (Å²) in [4.78, 5) is 2.32. The van der Waals surface area contributed by atoms with Gasteiger partial charge in [-0.3, -0.25) is 4.90 Å². The molecule has 1 aromatic carbocycles. The number of rotatable bonds is 6. The van der Waals surface area contributed by atoms with Gasteiger partial charge in [-0.15, -0.1) is 0 Å². The van der Waals surface area contributed by atoms with Gasteiger partial charge in [0.1, 0.15) is 0 Å². The van der Waals surface area contributed by atoms with Gasteiger partial charge >= 0.3 is 0 Å². The summed E-state index contributed by atoms with van der Waals surface area (Å²) in [6.07, 6.45) is 2.92. The third-order valence-corrected chi connectivity index (χ3v) is 6.20. The average molecular weight is 353 g/mol. The highest BCUT2D eigenvalue weighted by atomic mass is 32.2. The standard InChI is InChI=1S/C17H27N3O3S/c21-24(22,20-9-5-2-6-10-20)18-13-17-15-19(11-12-23-17)14-16-7-3-1-4-8-16/h1,3-4,7-8,17-18H,2,5-6,9-15H2. The van der Waals surface area contributed by atoms with Crippen LogP contribution in [-0.4, -0.2) is 63.1 Å². The fourth-order valence-electron chi connectivity index (χ4n) is 3.28. The van der Waals surface area contributed by atoms with Crippen LogP contribution in [0.2, 0.25) is 0 Å². The molecule has 3 rings (SSSR count). The number of nitrogens with zero attached hydrogens (tertiary/aromatic N) is 2. The summed E-state index contributed by atoms with van der Waals surface area (Å²) in [5.41, 5.74) is 1.27. The first-order chi connectivity index (χ1) is 11.6. The molecule has 134 valence electrons. The predicted octanol–water partition coefficient (Wildman–Crippen LogP) is 1.21. The van der Waals surface area contributed by atoms with E-state index in [4.69, 9.17) is 4.74 Å². The molecule has 2 fully saturated rings. The molecule has 0 saturated carbocycles. The number of nitrogens with one attached hydrogen (secondary N) is 1. The topological polar surface area (TPSA) is 61.9 Å². The van der Waals surface area contributed by atoms with Crippen LogP contribution in [0, 0.1) is 0 Å². The number of morpholine rings is 1. The van der Waals surface area contributed by atoms with Crippen molar-refractivity contribution in [2.45, 2.75) is 31.9 Å². The van der Waals surface area contributed by atoms with Crippen LogP contribution in [0.25, 0.3) is 0 Å². The van der Waals surface area contributed by atoms with E-state index in [0.717, 1.165) is 38.9 Å². The Balaban J connectivity index is 1.48. The Kier molecular flexibility index (Phi) is 6.24. The minimum absolute atomic E-state index is 0.0953. The van der Waals surface area contributed by atoms with Gasteiger partial charge in [-0.1, -0.05) is 36.8 Å². The van der Waals surface area contributed by atoms with Gasteiger partial charge in [-0.25, -0.2) is 0 Å². The maximum atomic E-state index is 12.3. The molecule has 2 aliphatic heterocycles. The van der Waals surface area contributed by atoms with E-state index >= 15 is 0 Å². The van der Waals surface area contributed by atoms with E-state index in [1.807, 2.05) is 18.2 Å². The lowest BCUT2D eigenvalue weighted by Gasteiger charge is -2.33. The maximum Gasteiger partial charge on any atom is 0.279 e. The number of benzene rings is 1. The Morgan fingerprint density at radius 3 is 2.58 bits per heavy atom. The first-order valence-electron chi connectivity index (χ1n) is 8.76. The lowest BCUT2D eigenvalue weighted by molar-refractivity contribution is -0.0278. The molecule has 7 heteroatoms. The van der Waals surface area contributed by atoms with E-state index in [2.05, 4.69) is 21.8 Å². The Morgan fingerprint density at radius 2 is 1.83 bits per heavy atom. The molecule has 2 saturated heterocycles. The minimum Gasteiger partial charge on any atom is -0.374 e. The van der Waals surface area contributed by atoms with Gasteiger partial charge in [0.2, 0.25) is 0 Å². The molecule has 2 heterocycles. The molecule has 1 aromatic rings. The van der Waals surface area contributed by atoms with Crippen molar-refractivity contribution in [1.29, 1.82) is 0 Å². The number of hydrogen-bond acceptors (Lipinski definition) is 4. The zero-order valence-corrected chi connectivity index (χ0v) is 14.9. The minimum atomic E-state index is -3.37. The molecular formula is C17H27N3O3S. The van der Waals surface area contributed by atoms with Crippen molar-refractivity contribution in [2.75, 3.05) is 39.3 Å². The van der Waals surface area contributed by atoms with Crippen LogP contribution in [-0.2, 0) is 21.5 Å². The van der Waals surface area contributed by atoms with Gasteiger partial charge in [-0.05, 0) is 18.4 Å². The summed E-state index contributed by atoms with van der Waals surface area (Å²) in [5, 5.41) is 0. The quantitative estimate of drug-likeness (QED) is 0.835. The van der Waals surface area contributed by atoms with Crippen molar-refractivity contribution in [3.8, 4) is 0 Å². The van der Waals surface area contributed by atoms with Crippen LogP contribution in [0.4, 0.5) is 0 Å². The van der Waals surface area contributed by atoms with Gasteiger partial charge in [0, 0.05) is 39.3 Å². The normalized spacial score (nSPS) is 24.1. The van der Waals surface area contributed by atoms with E-state index in [1.165, 1.54) is 5.56 Å². The molecule has 0 aromatic heterocycles. The Morgan fingerprint density at radius 1 is 1.08 bits per heavy atom. The van der Waals surface area contributed by atoms with Crippen LogP contribution in [0.1, 0.15) is 24.8 Å². The molecule has 0 radical (unpaired) electrons. The Hall–Kier alpha value is -0.990. The van der Waals surface area contributed by atoms with Crippen LogP contribution in [0.5, 0.6) is 0 Å². The SMILES string of the molecule is O=S(=O)(NCC1CN(Cc2ccccc2)CCO1)N1CCCCC1. The largest absolute Gasteiger partial charge is 0.374 e. The van der Waals surface area contributed by atoms with Crippen molar-refractivity contribution in [2.24, 2.45) is 0 Å². The van der Waals surface area contributed by atoms with Gasteiger partial charge in [-0.2, -0.15) is 17.4 Å². The van der Waals surface area contributed by atoms with E-state index in [1.54, 1.807) is 4.31 Å². The van der Waals surface area contributed by atoms with Crippen molar-refractivity contribution in [3.05, 3.63) is 35.9 Å². The first-order valence-corrected chi connectivity index (χ1v) is 10.2. The Bertz CT molecular complexity index is 603. The molecule has 0 amide bonds. The van der Waals surface area contributed by atoms with E-state index in [-0.39, 0.29) is 6.10 Å². The number of piperidine rings is 1. The monoisotopic (exact) mass is 353 g/mol. The molecule has 1 unspecified atom stereocenters. The lowest BCUT2D eigenvalue weighted by atomic mass is 10.2. The third-order valence-electron chi connectivity index (χ3n) is 4.62. The first kappa shape index (κ1) is 17.8. The van der Waals surface area contributed by atoms with E-state index in [0.29, 0.717) is 26.2 Å². The van der Waals surface area contributed by atoms with Gasteiger partial charge in [0.05, 0.1) is 12.7 Å². The molecular weight excluding hydrogens is 326 g/mol. The summed E-state index contributed by atoms with van der Waals surface area (Å²) in [6, 6.07) is 10.3. The van der Waals surface area contributed by atoms with Gasteiger partial charge in [0.25, 0.3) is 10.2 Å². The van der Waals surface area contributed by atoms with Crippen molar-refractivity contribution < 1.29 is 13.2 Å². The summed E-state index contributed by atoms with van der Waals surface area (Å²) in [6.45, 7) is 4.73. The second-order valence-electron chi connectivity index (χ2n) is 6.53. The van der Waals surface area contributed by atoms with Crippen molar-refractivity contribution >= 4 is 10.2 Å². The van der Waals surface area contributed by atoms with E-state index < -0.39 is 10.2 Å². The van der Waals surface area contributed by atoms with Crippen LogP contribution in [0.3, 0.4) is 0 Å². The fraction of sp³-hybridized carbons (Fsp3) is 0.647. The second kappa shape index (κ2) is 8.40. The Labute approximate surface area is 145 Å². The van der Waals surface area contributed by atoms with Gasteiger partial charge < -0.3 is 4.74 Å². The number of ether oxygens (including phenoxy) is 1. The van der Waals surface area contributed by atoms with Crippen LogP contribution < -0.4 is 4.72 Å². The van der Waals surface area contributed by atoms with E-state index in [9.17, 15) is 8.42 Å².